The van der Waals surface area contributed by atoms with Gasteiger partial charge in [0.25, 0.3) is 0 Å². The van der Waals surface area contributed by atoms with E-state index < -0.39 is 6.10 Å². The van der Waals surface area contributed by atoms with Crippen LogP contribution < -0.4 is 14.8 Å². The van der Waals surface area contributed by atoms with Crippen molar-refractivity contribution in [2.75, 3.05) is 13.7 Å². The van der Waals surface area contributed by atoms with E-state index in [9.17, 15) is 5.11 Å². The van der Waals surface area contributed by atoms with Crippen LogP contribution in [0.15, 0.2) is 18.2 Å². The van der Waals surface area contributed by atoms with E-state index in [-0.39, 0.29) is 6.10 Å². The maximum Gasteiger partial charge on any atom is 0.166 e. The van der Waals surface area contributed by atoms with Crippen molar-refractivity contribution >= 4 is 0 Å². The maximum absolute atomic E-state index is 9.54. The maximum atomic E-state index is 9.54. The van der Waals surface area contributed by atoms with Gasteiger partial charge in [0.05, 0.1) is 12.7 Å². The number of benzene rings is 1. The largest absolute Gasteiger partial charge is 0.490 e. The molecule has 0 aromatic heterocycles. The molecule has 1 aromatic carbocycles. The summed E-state index contributed by atoms with van der Waals surface area (Å²) >= 11 is 0. The minimum absolute atomic E-state index is 0.276. The molecule has 4 heteroatoms. The zero-order valence-corrected chi connectivity index (χ0v) is 11.6. The predicted octanol–water partition coefficient (Wildman–Crippen LogP) is 1.95. The molecular weight excluding hydrogens is 230 g/mol. The van der Waals surface area contributed by atoms with Gasteiger partial charge >= 0.3 is 0 Å². The fourth-order valence-electron chi connectivity index (χ4n) is 1.58. The van der Waals surface area contributed by atoms with Crippen LogP contribution in [-0.4, -0.2) is 31.0 Å². The molecule has 2 atom stereocenters. The minimum Gasteiger partial charge on any atom is -0.490 e. The average molecular weight is 253 g/mol. The van der Waals surface area contributed by atoms with Crippen molar-refractivity contribution in [1.29, 1.82) is 0 Å². The lowest BCUT2D eigenvalue weighted by molar-refractivity contribution is 0.0575. The van der Waals surface area contributed by atoms with Crippen molar-refractivity contribution in [3.05, 3.63) is 23.8 Å². The fraction of sp³-hybridized carbons (Fsp3) is 0.571. The van der Waals surface area contributed by atoms with E-state index in [0.29, 0.717) is 18.9 Å². The zero-order chi connectivity index (χ0) is 13.5. The highest BCUT2D eigenvalue weighted by molar-refractivity contribution is 5.46. The third-order valence-electron chi connectivity index (χ3n) is 2.71. The standard InChI is InChI=1S/C14H23NO3/c1-5-17-13-8-6-7-12(9-15-4)14(13)18-11(3)10(2)16/h6-8,10-11,15-16H,5,9H2,1-4H3. The van der Waals surface area contributed by atoms with Crippen molar-refractivity contribution in [1.82, 2.24) is 5.32 Å². The molecule has 4 nitrogen and oxygen atoms in total. The third-order valence-corrected chi connectivity index (χ3v) is 2.71. The second-order valence-corrected chi connectivity index (χ2v) is 4.27. The molecule has 0 bridgehead atoms. The van der Waals surface area contributed by atoms with Gasteiger partial charge in [0, 0.05) is 12.1 Å². The fourth-order valence-corrected chi connectivity index (χ4v) is 1.58. The highest BCUT2D eigenvalue weighted by Crippen LogP contribution is 2.32. The first-order valence-corrected chi connectivity index (χ1v) is 6.34. The van der Waals surface area contributed by atoms with Crippen LogP contribution in [0.3, 0.4) is 0 Å². The van der Waals surface area contributed by atoms with E-state index in [4.69, 9.17) is 9.47 Å². The number of nitrogens with one attached hydrogen (secondary N) is 1. The third kappa shape index (κ3) is 3.89. The number of hydrogen-bond acceptors (Lipinski definition) is 4. The van der Waals surface area contributed by atoms with Crippen molar-refractivity contribution in [2.24, 2.45) is 0 Å². The van der Waals surface area contributed by atoms with Crippen LogP contribution in [0.2, 0.25) is 0 Å². The molecule has 0 aliphatic heterocycles. The summed E-state index contributed by atoms with van der Waals surface area (Å²) in [5, 5.41) is 12.6. The first-order chi connectivity index (χ1) is 8.60. The number of aliphatic hydroxyl groups excluding tert-OH is 1. The van der Waals surface area contributed by atoms with Gasteiger partial charge in [0.2, 0.25) is 0 Å². The Labute approximate surface area is 109 Å². The Bertz CT molecular complexity index is 342. The Balaban J connectivity index is 3.01. The lowest BCUT2D eigenvalue weighted by Gasteiger charge is -2.21. The van der Waals surface area contributed by atoms with Gasteiger partial charge in [-0.1, -0.05) is 12.1 Å². The Morgan fingerprint density at radius 1 is 1.33 bits per heavy atom. The average Bonchev–Trinajstić information content (AvgIpc) is 2.33. The highest BCUT2D eigenvalue weighted by atomic mass is 16.5. The van der Waals surface area contributed by atoms with E-state index in [0.717, 1.165) is 11.3 Å². The van der Waals surface area contributed by atoms with Crippen LogP contribution >= 0.6 is 0 Å². The topological polar surface area (TPSA) is 50.7 Å². The summed E-state index contributed by atoms with van der Waals surface area (Å²) in [5.41, 5.74) is 1.02. The minimum atomic E-state index is -0.526. The molecule has 102 valence electrons. The Hall–Kier alpha value is -1.26. The van der Waals surface area contributed by atoms with Gasteiger partial charge < -0.3 is 19.9 Å². The molecule has 1 aromatic rings. The molecule has 0 aliphatic carbocycles. The molecule has 0 radical (unpaired) electrons. The normalized spacial score (nSPS) is 14.1. The summed E-state index contributed by atoms with van der Waals surface area (Å²) in [5.74, 6) is 1.43. The monoisotopic (exact) mass is 253 g/mol. The lowest BCUT2D eigenvalue weighted by atomic mass is 10.1. The Morgan fingerprint density at radius 2 is 2.06 bits per heavy atom. The second kappa shape index (κ2) is 7.24. The first kappa shape index (κ1) is 14.8. The number of para-hydroxylation sites is 1. The quantitative estimate of drug-likeness (QED) is 0.780. The molecule has 1 rings (SSSR count). The summed E-state index contributed by atoms with van der Waals surface area (Å²) in [6, 6.07) is 5.81. The molecule has 0 heterocycles. The van der Waals surface area contributed by atoms with Crippen molar-refractivity contribution in [3.8, 4) is 11.5 Å². The van der Waals surface area contributed by atoms with E-state index in [1.54, 1.807) is 6.92 Å². The summed E-state index contributed by atoms with van der Waals surface area (Å²) in [6.07, 6.45) is -0.802. The smallest absolute Gasteiger partial charge is 0.166 e. The second-order valence-electron chi connectivity index (χ2n) is 4.27. The number of aliphatic hydroxyl groups is 1. The number of hydrogen-bond donors (Lipinski definition) is 2. The molecule has 2 N–H and O–H groups in total. The molecule has 0 fully saturated rings. The summed E-state index contributed by atoms with van der Waals surface area (Å²) in [4.78, 5) is 0. The number of rotatable bonds is 7. The van der Waals surface area contributed by atoms with Gasteiger partial charge in [-0.25, -0.2) is 0 Å². The van der Waals surface area contributed by atoms with Crippen molar-refractivity contribution in [2.45, 2.75) is 39.5 Å². The first-order valence-electron chi connectivity index (χ1n) is 6.34. The van der Waals surface area contributed by atoms with Gasteiger partial charge in [-0.3, -0.25) is 0 Å². The summed E-state index contributed by atoms with van der Waals surface area (Å²) < 4.78 is 11.4. The number of ether oxygens (including phenoxy) is 2. The molecule has 0 aliphatic rings. The molecule has 0 spiro atoms. The molecule has 0 amide bonds. The molecule has 2 unspecified atom stereocenters. The van der Waals surface area contributed by atoms with Gasteiger partial charge in [-0.2, -0.15) is 0 Å². The molecule has 0 saturated heterocycles. The van der Waals surface area contributed by atoms with E-state index in [2.05, 4.69) is 5.32 Å². The predicted molar refractivity (Wildman–Crippen MR) is 72.1 cm³/mol. The van der Waals surface area contributed by atoms with E-state index in [1.807, 2.05) is 39.1 Å². The van der Waals surface area contributed by atoms with Gasteiger partial charge in [0.1, 0.15) is 6.10 Å². The van der Waals surface area contributed by atoms with Gasteiger partial charge in [0.15, 0.2) is 11.5 Å². The Morgan fingerprint density at radius 3 is 2.61 bits per heavy atom. The molecule has 0 saturated carbocycles. The zero-order valence-electron chi connectivity index (χ0n) is 11.6. The lowest BCUT2D eigenvalue weighted by Crippen LogP contribution is -2.26. The molecule has 18 heavy (non-hydrogen) atoms. The van der Waals surface area contributed by atoms with Gasteiger partial charge in [-0.05, 0) is 33.9 Å². The van der Waals surface area contributed by atoms with Crippen LogP contribution in [0.4, 0.5) is 0 Å². The van der Waals surface area contributed by atoms with E-state index in [1.165, 1.54) is 0 Å². The van der Waals surface area contributed by atoms with Gasteiger partial charge in [-0.15, -0.1) is 0 Å². The van der Waals surface area contributed by atoms with Crippen LogP contribution in [0.1, 0.15) is 26.3 Å². The van der Waals surface area contributed by atoms with Crippen molar-refractivity contribution in [3.63, 3.8) is 0 Å². The summed E-state index contributed by atoms with van der Waals surface area (Å²) in [7, 11) is 1.88. The molecular formula is C14H23NO3. The highest BCUT2D eigenvalue weighted by Gasteiger charge is 2.16. The van der Waals surface area contributed by atoms with E-state index >= 15 is 0 Å². The Kier molecular flexibility index (Phi) is 5.95. The van der Waals surface area contributed by atoms with Crippen LogP contribution in [0, 0.1) is 0 Å². The van der Waals surface area contributed by atoms with Crippen LogP contribution in [-0.2, 0) is 6.54 Å². The SMILES string of the molecule is CCOc1cccc(CNC)c1OC(C)C(C)O. The van der Waals surface area contributed by atoms with Crippen LogP contribution in [0.25, 0.3) is 0 Å². The van der Waals surface area contributed by atoms with Crippen LogP contribution in [0.5, 0.6) is 11.5 Å². The van der Waals surface area contributed by atoms with Crippen molar-refractivity contribution < 1.29 is 14.6 Å². The summed E-state index contributed by atoms with van der Waals surface area (Å²) in [6.45, 7) is 6.78.